The maximum atomic E-state index is 4.73. The average molecular weight is 292 g/mol. The van der Waals surface area contributed by atoms with Gasteiger partial charge in [0.25, 0.3) is 0 Å². The average Bonchev–Trinajstić information content (AvgIpc) is 3.26. The molecule has 0 aromatic carbocycles. The van der Waals surface area contributed by atoms with Crippen LogP contribution >= 0.6 is 12.6 Å². The van der Waals surface area contributed by atoms with Crippen LogP contribution < -0.4 is 5.32 Å². The number of thiol groups is 1. The largest absolute Gasteiger partial charge is 0.385 e. The highest BCUT2D eigenvalue weighted by Gasteiger charge is 2.23. The normalized spacial score (nSPS) is 20.2. The SMILES string of the molecule is C=C(NCCCCC)/C(=C\C1CC1)C1=C(S)CCCC1. The molecule has 0 aliphatic heterocycles. The lowest BCUT2D eigenvalue weighted by atomic mass is 9.91. The summed E-state index contributed by atoms with van der Waals surface area (Å²) >= 11 is 4.73. The van der Waals surface area contributed by atoms with Gasteiger partial charge in [0.15, 0.2) is 0 Å². The monoisotopic (exact) mass is 291 g/mol. The summed E-state index contributed by atoms with van der Waals surface area (Å²) in [4.78, 5) is 1.29. The lowest BCUT2D eigenvalue weighted by Gasteiger charge is -2.22. The van der Waals surface area contributed by atoms with Crippen molar-refractivity contribution in [3.63, 3.8) is 0 Å². The molecule has 0 spiro atoms. The van der Waals surface area contributed by atoms with Gasteiger partial charge in [-0.3, -0.25) is 0 Å². The van der Waals surface area contributed by atoms with Gasteiger partial charge in [-0.05, 0) is 66.9 Å². The van der Waals surface area contributed by atoms with Crippen LogP contribution in [0.2, 0.25) is 0 Å². The molecule has 0 amide bonds. The molecule has 0 atom stereocenters. The lowest BCUT2D eigenvalue weighted by molar-refractivity contribution is 0.664. The number of hydrogen-bond donors (Lipinski definition) is 2. The van der Waals surface area contributed by atoms with Crippen molar-refractivity contribution >= 4 is 12.6 Å². The molecular formula is C18H29NS. The topological polar surface area (TPSA) is 12.0 Å². The Hall–Kier alpha value is -0.630. The molecule has 0 unspecified atom stereocenters. The molecule has 0 saturated heterocycles. The molecule has 0 radical (unpaired) electrons. The summed E-state index contributed by atoms with van der Waals surface area (Å²) in [5, 5.41) is 3.54. The fourth-order valence-corrected chi connectivity index (χ4v) is 3.16. The van der Waals surface area contributed by atoms with Crippen molar-refractivity contribution in [2.45, 2.75) is 64.7 Å². The Morgan fingerprint density at radius 1 is 1.30 bits per heavy atom. The van der Waals surface area contributed by atoms with Crippen molar-refractivity contribution in [2.24, 2.45) is 5.92 Å². The fraction of sp³-hybridized carbons (Fsp3) is 0.667. The highest BCUT2D eigenvalue weighted by atomic mass is 32.1. The van der Waals surface area contributed by atoms with Crippen molar-refractivity contribution in [3.05, 3.63) is 34.4 Å². The minimum atomic E-state index is 0.787. The van der Waals surface area contributed by atoms with Crippen LogP contribution in [0.4, 0.5) is 0 Å². The fourth-order valence-electron chi connectivity index (χ4n) is 2.77. The van der Waals surface area contributed by atoms with E-state index in [0.29, 0.717) is 0 Å². The summed E-state index contributed by atoms with van der Waals surface area (Å²) < 4.78 is 0. The second-order valence-electron chi connectivity index (χ2n) is 6.16. The molecular weight excluding hydrogens is 262 g/mol. The van der Waals surface area contributed by atoms with Gasteiger partial charge in [0, 0.05) is 12.2 Å². The van der Waals surface area contributed by atoms with E-state index in [2.05, 4.69) is 24.9 Å². The highest BCUT2D eigenvalue weighted by Crippen LogP contribution is 2.38. The zero-order valence-electron chi connectivity index (χ0n) is 12.9. The Kier molecular flexibility index (Phi) is 6.28. The van der Waals surface area contributed by atoms with Crippen molar-refractivity contribution in [1.82, 2.24) is 5.32 Å². The molecule has 2 aliphatic carbocycles. The minimum Gasteiger partial charge on any atom is -0.385 e. The molecule has 1 N–H and O–H groups in total. The van der Waals surface area contributed by atoms with E-state index < -0.39 is 0 Å². The van der Waals surface area contributed by atoms with Crippen LogP contribution in [0.5, 0.6) is 0 Å². The predicted molar refractivity (Wildman–Crippen MR) is 92.0 cm³/mol. The molecule has 0 heterocycles. The first-order chi connectivity index (χ1) is 9.72. The highest BCUT2D eigenvalue weighted by molar-refractivity contribution is 7.84. The molecule has 1 fully saturated rings. The predicted octanol–water partition coefficient (Wildman–Crippen LogP) is 5.37. The summed E-state index contributed by atoms with van der Waals surface area (Å²) in [5.41, 5.74) is 3.95. The van der Waals surface area contributed by atoms with E-state index >= 15 is 0 Å². The summed E-state index contributed by atoms with van der Waals surface area (Å²) in [6.07, 6.45) is 13.8. The second-order valence-corrected chi connectivity index (χ2v) is 6.70. The van der Waals surface area contributed by atoms with Crippen LogP contribution in [0, 0.1) is 5.92 Å². The van der Waals surface area contributed by atoms with E-state index in [1.165, 1.54) is 67.4 Å². The molecule has 1 saturated carbocycles. The Morgan fingerprint density at radius 2 is 2.05 bits per heavy atom. The van der Waals surface area contributed by atoms with Gasteiger partial charge in [-0.25, -0.2) is 0 Å². The minimum absolute atomic E-state index is 0.787. The smallest absolute Gasteiger partial charge is 0.0340 e. The van der Waals surface area contributed by atoms with Gasteiger partial charge >= 0.3 is 0 Å². The molecule has 112 valence electrons. The van der Waals surface area contributed by atoms with Crippen molar-refractivity contribution in [1.29, 1.82) is 0 Å². The summed E-state index contributed by atoms with van der Waals surface area (Å²) in [7, 11) is 0. The number of unbranched alkanes of at least 4 members (excludes halogenated alkanes) is 2. The van der Waals surface area contributed by atoms with E-state index in [1.807, 2.05) is 0 Å². The molecule has 2 rings (SSSR count). The van der Waals surface area contributed by atoms with Gasteiger partial charge in [0.2, 0.25) is 0 Å². The van der Waals surface area contributed by atoms with Gasteiger partial charge in [-0.2, -0.15) is 0 Å². The third-order valence-electron chi connectivity index (χ3n) is 4.23. The third kappa shape index (κ3) is 4.73. The van der Waals surface area contributed by atoms with Crippen LogP contribution in [0.15, 0.2) is 34.4 Å². The number of allylic oxidation sites excluding steroid dienone is 3. The van der Waals surface area contributed by atoms with Gasteiger partial charge in [-0.1, -0.05) is 32.4 Å². The van der Waals surface area contributed by atoms with Gasteiger partial charge in [0.1, 0.15) is 0 Å². The van der Waals surface area contributed by atoms with Crippen LogP contribution in [-0.4, -0.2) is 6.54 Å². The molecule has 0 aromatic rings. The van der Waals surface area contributed by atoms with Crippen LogP contribution in [-0.2, 0) is 0 Å². The zero-order chi connectivity index (χ0) is 14.4. The van der Waals surface area contributed by atoms with E-state index in [1.54, 1.807) is 0 Å². The Labute approximate surface area is 130 Å². The van der Waals surface area contributed by atoms with E-state index in [9.17, 15) is 0 Å². The Bertz CT molecular complexity index is 402. The molecule has 2 heteroatoms. The van der Waals surface area contributed by atoms with Crippen LogP contribution in [0.3, 0.4) is 0 Å². The molecule has 0 bridgehead atoms. The van der Waals surface area contributed by atoms with Crippen molar-refractivity contribution in [2.75, 3.05) is 6.54 Å². The maximum Gasteiger partial charge on any atom is 0.0340 e. The second kappa shape index (κ2) is 7.97. The Morgan fingerprint density at radius 3 is 2.70 bits per heavy atom. The van der Waals surface area contributed by atoms with Crippen LogP contribution in [0.25, 0.3) is 0 Å². The summed E-state index contributed by atoms with van der Waals surface area (Å²) in [6.45, 7) is 7.58. The summed E-state index contributed by atoms with van der Waals surface area (Å²) in [5.74, 6) is 0.787. The van der Waals surface area contributed by atoms with Gasteiger partial charge in [0.05, 0.1) is 0 Å². The lowest BCUT2D eigenvalue weighted by Crippen LogP contribution is -2.17. The first kappa shape index (κ1) is 15.8. The van der Waals surface area contributed by atoms with Gasteiger partial charge in [-0.15, -0.1) is 12.6 Å². The quantitative estimate of drug-likeness (QED) is 0.348. The third-order valence-corrected chi connectivity index (χ3v) is 4.73. The zero-order valence-corrected chi connectivity index (χ0v) is 13.8. The first-order valence-electron chi connectivity index (χ1n) is 8.28. The van der Waals surface area contributed by atoms with Crippen molar-refractivity contribution in [3.8, 4) is 0 Å². The molecule has 0 aromatic heterocycles. The van der Waals surface area contributed by atoms with E-state index in [-0.39, 0.29) is 0 Å². The maximum absolute atomic E-state index is 4.73. The summed E-state index contributed by atoms with van der Waals surface area (Å²) in [6, 6.07) is 0. The number of hydrogen-bond acceptors (Lipinski definition) is 2. The molecule has 2 aliphatic rings. The number of nitrogens with one attached hydrogen (secondary N) is 1. The molecule has 20 heavy (non-hydrogen) atoms. The van der Waals surface area contributed by atoms with E-state index in [4.69, 9.17) is 12.6 Å². The first-order valence-corrected chi connectivity index (χ1v) is 8.73. The van der Waals surface area contributed by atoms with E-state index in [0.717, 1.165) is 24.6 Å². The standard InChI is InChI=1S/C18H29NS/c1-3-4-7-12-19-14(2)17(13-15-10-11-15)16-8-5-6-9-18(16)20/h13,15,19-20H,2-12H2,1H3/b17-13+. The molecule has 1 nitrogen and oxygen atoms in total. The van der Waals surface area contributed by atoms with Gasteiger partial charge < -0.3 is 5.32 Å². The van der Waals surface area contributed by atoms with Crippen LogP contribution in [0.1, 0.15) is 64.7 Å². The number of rotatable bonds is 8. The van der Waals surface area contributed by atoms with Crippen molar-refractivity contribution < 1.29 is 0 Å². The Balaban J connectivity index is 2.02.